The Morgan fingerprint density at radius 1 is 0.214 bits per heavy atom. The van der Waals surface area contributed by atoms with Crippen LogP contribution in [0.4, 0.5) is 0 Å². The maximum absolute atomic E-state index is 14.5. The Morgan fingerprint density at radius 3 is 0.929 bits per heavy atom. The first-order valence-corrected chi connectivity index (χ1v) is 30.1. The van der Waals surface area contributed by atoms with Crippen molar-refractivity contribution in [1.82, 2.24) is 0 Å². The van der Waals surface area contributed by atoms with E-state index in [0.29, 0.717) is 0 Å². The summed E-state index contributed by atoms with van der Waals surface area (Å²) in [4.78, 5) is 14.5. The summed E-state index contributed by atoms with van der Waals surface area (Å²) < 4.78 is 1.99. The molecular weight excluding hydrogens is 1030 g/mol. The van der Waals surface area contributed by atoms with Gasteiger partial charge in [0.2, 0.25) is 0 Å². The summed E-state index contributed by atoms with van der Waals surface area (Å²) in [6.07, 6.45) is 0. The van der Waals surface area contributed by atoms with Crippen molar-refractivity contribution in [3.63, 3.8) is 0 Å². The van der Waals surface area contributed by atoms with Crippen LogP contribution in [0.3, 0.4) is 0 Å². The minimum Gasteiger partial charge on any atom is -0.289 e. The van der Waals surface area contributed by atoms with Crippen LogP contribution in [0.1, 0.15) is 66.8 Å². The molecule has 388 valence electrons. The molecule has 1 aromatic heterocycles. The third kappa shape index (κ3) is 5.67. The van der Waals surface area contributed by atoms with E-state index in [0.717, 1.165) is 42.4 Å². The topological polar surface area (TPSA) is 17.1 Å². The van der Waals surface area contributed by atoms with Crippen LogP contribution in [0.2, 0.25) is 0 Å². The molecule has 2 heteroatoms. The second-order valence-electron chi connectivity index (χ2n) is 23.6. The summed E-state index contributed by atoms with van der Waals surface area (Å²) in [5.74, 6) is 0. The second-order valence-corrected chi connectivity index (χ2v) is 24.6. The van der Waals surface area contributed by atoms with E-state index in [-0.39, 0.29) is 5.43 Å². The fourth-order valence-corrected chi connectivity index (χ4v) is 17.8. The maximum Gasteiger partial charge on any atom is 0.195 e. The van der Waals surface area contributed by atoms with Crippen LogP contribution in [0.25, 0.3) is 98.1 Å². The number of benzene rings is 13. The molecule has 84 heavy (non-hydrogen) atoms. The Balaban J connectivity index is 0.797. The largest absolute Gasteiger partial charge is 0.289 e. The van der Waals surface area contributed by atoms with Crippen LogP contribution in [0, 0.1) is 0 Å². The van der Waals surface area contributed by atoms with E-state index in [2.05, 4.69) is 273 Å². The maximum atomic E-state index is 14.5. The van der Waals surface area contributed by atoms with Gasteiger partial charge in [-0.1, -0.05) is 255 Å². The van der Waals surface area contributed by atoms with Crippen LogP contribution in [0.5, 0.6) is 0 Å². The molecular formula is C82H48OS. The second kappa shape index (κ2) is 16.7. The molecule has 0 N–H and O–H groups in total. The molecule has 2 spiro atoms. The van der Waals surface area contributed by atoms with Crippen LogP contribution < -0.4 is 5.43 Å². The van der Waals surface area contributed by atoms with E-state index in [9.17, 15) is 4.79 Å². The number of fused-ring (bicyclic) bond motifs is 25. The minimum atomic E-state index is -0.722. The van der Waals surface area contributed by atoms with Crippen LogP contribution in [-0.2, 0) is 16.2 Å². The SMILES string of the molecule is O=c1c2ccccc2sc2cc3c(cc12)-c1ccccc1C3(c1ccc(-c2ccc3c(c2)C2(c4ccccc4-c4ccccc42)c2ccccc2-3)cc1)c1ccc(-c2ccc3c(c2)C2(c4ccccc4-c4ccccc42)c2ccccc2-3)cc1. The molecule has 0 bridgehead atoms. The predicted molar refractivity (Wildman–Crippen MR) is 346 cm³/mol. The highest BCUT2D eigenvalue weighted by atomic mass is 32.1. The molecule has 0 saturated carbocycles. The number of hydrogen-bond donors (Lipinski definition) is 0. The molecule has 0 fully saturated rings. The third-order valence-corrected chi connectivity index (χ3v) is 21.2. The Kier molecular flexibility index (Phi) is 9.22. The van der Waals surface area contributed by atoms with Crippen LogP contribution in [-0.4, -0.2) is 0 Å². The summed E-state index contributed by atoms with van der Waals surface area (Å²) >= 11 is 1.71. The Labute approximate surface area is 490 Å². The summed E-state index contributed by atoms with van der Waals surface area (Å²) in [7, 11) is 0. The molecule has 0 saturated heterocycles. The van der Waals surface area contributed by atoms with Gasteiger partial charge in [0, 0.05) is 20.2 Å². The first-order valence-electron chi connectivity index (χ1n) is 29.3. The van der Waals surface area contributed by atoms with Gasteiger partial charge in [0.05, 0.1) is 16.2 Å². The highest BCUT2D eigenvalue weighted by Gasteiger charge is 2.54. The number of rotatable bonds is 4. The Hall–Kier alpha value is -10.3. The summed E-state index contributed by atoms with van der Waals surface area (Å²) in [6, 6.07) is 109. The van der Waals surface area contributed by atoms with Crippen molar-refractivity contribution in [2.75, 3.05) is 0 Å². The van der Waals surface area contributed by atoms with Crippen molar-refractivity contribution >= 4 is 31.5 Å². The molecule has 0 atom stereocenters. The summed E-state index contributed by atoms with van der Waals surface area (Å²) in [5.41, 5.74) is 31.4. The van der Waals surface area contributed by atoms with Crippen molar-refractivity contribution < 1.29 is 0 Å². The van der Waals surface area contributed by atoms with Gasteiger partial charge >= 0.3 is 0 Å². The van der Waals surface area contributed by atoms with Gasteiger partial charge in [0.25, 0.3) is 0 Å². The molecule has 13 aromatic carbocycles. The van der Waals surface area contributed by atoms with E-state index in [1.165, 1.54) is 122 Å². The fourth-order valence-electron chi connectivity index (χ4n) is 16.7. The minimum absolute atomic E-state index is 0.0819. The first-order chi connectivity index (χ1) is 41.6. The standard InChI is InChI=1S/C82H48OS/c83-79-64-24-8-16-32-77(64)84-78-48-76-65(47-66(78)79)61-23-7-9-25-67(61)80(76,53-39-33-49(34-40-53)51-37-43-62-59-21-5-14-30-72(59)81(74(62)45-51)68-26-10-1-17-55(68)56-18-2-11-27-69(56)81)54-41-35-50(36-42-54)52-38-44-63-60-22-6-15-31-73(60)82(75(63)46-52)70-28-12-3-19-57(70)58-20-4-13-29-71(58)82/h1-48H. The zero-order valence-corrected chi connectivity index (χ0v) is 46.3. The van der Waals surface area contributed by atoms with Crippen molar-refractivity contribution in [1.29, 1.82) is 0 Å². The quantitative estimate of drug-likeness (QED) is 0.161. The summed E-state index contributed by atoms with van der Waals surface area (Å²) in [6.45, 7) is 0. The van der Waals surface area contributed by atoms with Gasteiger partial charge in [-0.15, -0.1) is 11.3 Å². The predicted octanol–water partition coefficient (Wildman–Crippen LogP) is 19.8. The molecule has 5 aliphatic rings. The van der Waals surface area contributed by atoms with Crippen molar-refractivity contribution in [2.24, 2.45) is 0 Å². The normalized spacial score (nSPS) is 14.8. The highest BCUT2D eigenvalue weighted by molar-refractivity contribution is 7.24. The molecule has 14 aromatic rings. The van der Waals surface area contributed by atoms with Gasteiger partial charge in [0.15, 0.2) is 5.43 Å². The van der Waals surface area contributed by atoms with E-state index < -0.39 is 16.2 Å². The first kappa shape index (κ1) is 46.4. The lowest BCUT2D eigenvalue weighted by molar-refractivity contribution is 0.770. The molecule has 0 radical (unpaired) electrons. The number of hydrogen-bond acceptors (Lipinski definition) is 2. The monoisotopic (exact) mass is 1080 g/mol. The van der Waals surface area contributed by atoms with Gasteiger partial charge in [-0.05, 0) is 181 Å². The van der Waals surface area contributed by atoms with Gasteiger partial charge in [0.1, 0.15) is 0 Å². The molecule has 5 aliphatic carbocycles. The van der Waals surface area contributed by atoms with Crippen LogP contribution >= 0.6 is 11.3 Å². The van der Waals surface area contributed by atoms with Gasteiger partial charge < -0.3 is 0 Å². The van der Waals surface area contributed by atoms with E-state index >= 15 is 0 Å². The van der Waals surface area contributed by atoms with E-state index in [1.54, 1.807) is 11.3 Å². The lowest BCUT2D eigenvalue weighted by Gasteiger charge is -2.34. The zero-order valence-electron chi connectivity index (χ0n) is 45.5. The molecule has 19 rings (SSSR count). The van der Waals surface area contributed by atoms with Crippen molar-refractivity contribution in [3.05, 3.63) is 368 Å². The van der Waals surface area contributed by atoms with Crippen molar-refractivity contribution in [3.8, 4) is 77.9 Å². The zero-order chi connectivity index (χ0) is 55.0. The van der Waals surface area contributed by atoms with Crippen LogP contribution in [0.15, 0.2) is 296 Å². The third-order valence-electron chi connectivity index (χ3n) is 20.0. The Bertz CT molecular complexity index is 4920. The smallest absolute Gasteiger partial charge is 0.195 e. The lowest BCUT2D eigenvalue weighted by atomic mass is 9.67. The van der Waals surface area contributed by atoms with Crippen molar-refractivity contribution in [2.45, 2.75) is 16.2 Å². The van der Waals surface area contributed by atoms with E-state index in [4.69, 9.17) is 0 Å². The highest BCUT2D eigenvalue weighted by Crippen LogP contribution is 2.65. The fraction of sp³-hybridized carbons (Fsp3) is 0.0366. The summed E-state index contributed by atoms with van der Waals surface area (Å²) in [5, 5.41) is 1.53. The molecule has 1 heterocycles. The molecule has 0 aliphatic heterocycles. The average Bonchev–Trinajstić information content (AvgIpc) is 1.59. The van der Waals surface area contributed by atoms with Gasteiger partial charge in [-0.3, -0.25) is 4.79 Å². The van der Waals surface area contributed by atoms with Gasteiger partial charge in [-0.25, -0.2) is 0 Å². The van der Waals surface area contributed by atoms with E-state index in [1.807, 2.05) is 18.2 Å². The molecule has 0 amide bonds. The Morgan fingerprint density at radius 2 is 0.524 bits per heavy atom. The van der Waals surface area contributed by atoms with Gasteiger partial charge in [-0.2, -0.15) is 0 Å². The average molecular weight is 1080 g/mol. The lowest BCUT2D eigenvalue weighted by Crippen LogP contribution is -2.28. The molecule has 0 unspecified atom stereocenters. The molecule has 1 nitrogen and oxygen atoms in total.